The number of halogens is 3. The summed E-state index contributed by atoms with van der Waals surface area (Å²) in [6.07, 6.45) is -4.46. The molecule has 1 fully saturated rings. The minimum Gasteiger partial charge on any atom is -0.493 e. The Morgan fingerprint density at radius 2 is 1.64 bits per heavy atom. The van der Waals surface area contributed by atoms with Gasteiger partial charge in [-0.1, -0.05) is 6.07 Å². The summed E-state index contributed by atoms with van der Waals surface area (Å²) >= 11 is 0. The zero-order chi connectivity index (χ0) is 16.8. The van der Waals surface area contributed by atoms with Gasteiger partial charge in [0.2, 0.25) is 0 Å². The number of benzene rings is 1. The van der Waals surface area contributed by atoms with Gasteiger partial charge >= 0.3 is 13.3 Å². The maximum Gasteiger partial charge on any atom is 0.494 e. The Morgan fingerprint density at radius 3 is 2.09 bits per heavy atom. The van der Waals surface area contributed by atoms with Gasteiger partial charge in [0, 0.05) is 0 Å². The lowest BCUT2D eigenvalue weighted by Gasteiger charge is -2.32. The first-order valence-electron chi connectivity index (χ1n) is 7.17. The molecule has 0 bridgehead atoms. The highest BCUT2D eigenvalue weighted by molar-refractivity contribution is 6.62. The minimum absolute atomic E-state index is 0.149. The van der Waals surface area contributed by atoms with Crippen LogP contribution >= 0.6 is 0 Å². The highest BCUT2D eigenvalue weighted by Crippen LogP contribution is 2.38. The predicted molar refractivity (Wildman–Crippen MR) is 78.3 cm³/mol. The van der Waals surface area contributed by atoms with Gasteiger partial charge < -0.3 is 14.0 Å². The summed E-state index contributed by atoms with van der Waals surface area (Å²) < 4.78 is 55.8. The highest BCUT2D eigenvalue weighted by atomic mass is 19.4. The second kappa shape index (κ2) is 5.46. The van der Waals surface area contributed by atoms with Crippen molar-refractivity contribution in [1.82, 2.24) is 0 Å². The van der Waals surface area contributed by atoms with Crippen molar-refractivity contribution in [3.05, 3.63) is 23.8 Å². The van der Waals surface area contributed by atoms with E-state index in [0.717, 1.165) is 6.07 Å². The fourth-order valence-corrected chi connectivity index (χ4v) is 2.17. The molecule has 2 rings (SSSR count). The molecule has 3 nitrogen and oxygen atoms in total. The molecule has 7 heteroatoms. The number of rotatable bonds is 3. The molecule has 1 aliphatic rings. The van der Waals surface area contributed by atoms with Crippen LogP contribution in [0.1, 0.15) is 40.2 Å². The molecule has 0 saturated carbocycles. The Balaban J connectivity index is 2.36. The molecule has 1 heterocycles. The van der Waals surface area contributed by atoms with Crippen molar-refractivity contribution < 1.29 is 27.2 Å². The third kappa shape index (κ3) is 3.10. The summed E-state index contributed by atoms with van der Waals surface area (Å²) in [5.74, 6) is -0.206. The van der Waals surface area contributed by atoms with Crippen LogP contribution in [0.25, 0.3) is 0 Å². The van der Waals surface area contributed by atoms with Crippen LogP contribution in [0.15, 0.2) is 18.2 Å². The van der Waals surface area contributed by atoms with E-state index in [1.54, 1.807) is 6.92 Å². The van der Waals surface area contributed by atoms with Gasteiger partial charge in [0.05, 0.1) is 23.4 Å². The molecule has 122 valence electrons. The predicted octanol–water partition coefficient (Wildman–Crippen LogP) is 3.40. The minimum atomic E-state index is -4.46. The molecule has 0 radical (unpaired) electrons. The standard InChI is InChI=1S/C15H20BF3O3/c1-6-20-12-9-10(7-8-11(12)15(17,18)19)16-21-13(2,3)14(4,5)22-16/h7-9H,6H2,1-5H3. The van der Waals surface area contributed by atoms with E-state index in [-0.39, 0.29) is 12.4 Å². The van der Waals surface area contributed by atoms with E-state index in [2.05, 4.69) is 0 Å². The first kappa shape index (κ1) is 17.2. The SMILES string of the molecule is CCOc1cc(B2OC(C)(C)C(C)(C)O2)ccc1C(F)(F)F. The Kier molecular flexibility index (Phi) is 4.26. The van der Waals surface area contributed by atoms with Crippen LogP contribution < -0.4 is 10.2 Å². The summed E-state index contributed by atoms with van der Waals surface area (Å²) in [5, 5.41) is 0. The quantitative estimate of drug-likeness (QED) is 0.800. The monoisotopic (exact) mass is 316 g/mol. The molecule has 1 aliphatic heterocycles. The zero-order valence-corrected chi connectivity index (χ0v) is 13.4. The summed E-state index contributed by atoms with van der Waals surface area (Å²) in [7, 11) is -0.716. The third-order valence-electron chi connectivity index (χ3n) is 4.14. The van der Waals surface area contributed by atoms with Crippen LogP contribution in [0.4, 0.5) is 13.2 Å². The van der Waals surface area contributed by atoms with Gasteiger partial charge in [-0.3, -0.25) is 0 Å². The lowest BCUT2D eigenvalue weighted by molar-refractivity contribution is -0.138. The Bertz CT molecular complexity index is 539. The first-order chi connectivity index (χ1) is 9.98. The summed E-state index contributed by atoms with van der Waals surface area (Å²) in [6.45, 7) is 9.35. The second-order valence-corrected chi connectivity index (χ2v) is 6.27. The Labute approximate surface area is 128 Å². The maximum atomic E-state index is 13.0. The molecule has 0 N–H and O–H groups in total. The van der Waals surface area contributed by atoms with Gasteiger partial charge in [-0.2, -0.15) is 13.2 Å². The van der Waals surface area contributed by atoms with Crippen molar-refractivity contribution in [2.75, 3.05) is 6.61 Å². The molecule has 0 aromatic heterocycles. The first-order valence-corrected chi connectivity index (χ1v) is 7.17. The van der Waals surface area contributed by atoms with Crippen LogP contribution in [0.5, 0.6) is 5.75 Å². The molecule has 1 aromatic carbocycles. The van der Waals surface area contributed by atoms with Gasteiger partial charge in [-0.05, 0) is 52.2 Å². The largest absolute Gasteiger partial charge is 0.494 e. The summed E-state index contributed by atoms with van der Waals surface area (Å²) in [6, 6.07) is 3.72. The summed E-state index contributed by atoms with van der Waals surface area (Å²) in [4.78, 5) is 0. The number of alkyl halides is 3. The van der Waals surface area contributed by atoms with E-state index in [4.69, 9.17) is 14.0 Å². The van der Waals surface area contributed by atoms with Crippen molar-refractivity contribution in [3.63, 3.8) is 0 Å². The molecule has 1 aromatic rings. The fraction of sp³-hybridized carbons (Fsp3) is 0.600. The van der Waals surface area contributed by atoms with Gasteiger partial charge in [-0.15, -0.1) is 0 Å². The number of ether oxygens (including phenoxy) is 1. The number of hydrogen-bond donors (Lipinski definition) is 0. The molecule has 0 unspecified atom stereocenters. The van der Waals surface area contributed by atoms with E-state index in [1.807, 2.05) is 27.7 Å². The van der Waals surface area contributed by atoms with E-state index >= 15 is 0 Å². The smallest absolute Gasteiger partial charge is 0.493 e. The van der Waals surface area contributed by atoms with Crippen molar-refractivity contribution in [2.45, 2.75) is 52.0 Å². The average molecular weight is 316 g/mol. The van der Waals surface area contributed by atoms with Crippen LogP contribution in [0, 0.1) is 0 Å². The Morgan fingerprint density at radius 1 is 1.09 bits per heavy atom. The van der Waals surface area contributed by atoms with E-state index < -0.39 is 30.1 Å². The lowest BCUT2D eigenvalue weighted by Crippen LogP contribution is -2.41. The van der Waals surface area contributed by atoms with Gasteiger partial charge in [0.15, 0.2) is 0 Å². The summed E-state index contributed by atoms with van der Waals surface area (Å²) in [5.41, 5.74) is -1.39. The molecule has 0 amide bonds. The number of hydrogen-bond acceptors (Lipinski definition) is 3. The molecule has 0 aliphatic carbocycles. The molecule has 1 saturated heterocycles. The van der Waals surface area contributed by atoms with Gasteiger partial charge in [0.25, 0.3) is 0 Å². The topological polar surface area (TPSA) is 27.7 Å². The molecule has 22 heavy (non-hydrogen) atoms. The third-order valence-corrected chi connectivity index (χ3v) is 4.14. The highest BCUT2D eigenvalue weighted by Gasteiger charge is 2.52. The molecule has 0 atom stereocenters. The van der Waals surface area contributed by atoms with Crippen molar-refractivity contribution in [1.29, 1.82) is 0 Å². The Hall–Kier alpha value is -1.21. The second-order valence-electron chi connectivity index (χ2n) is 6.27. The molecular weight excluding hydrogens is 296 g/mol. The van der Waals surface area contributed by atoms with Crippen LogP contribution in [-0.2, 0) is 15.5 Å². The van der Waals surface area contributed by atoms with E-state index in [1.165, 1.54) is 12.1 Å². The lowest BCUT2D eigenvalue weighted by atomic mass is 9.78. The van der Waals surface area contributed by atoms with Crippen LogP contribution in [-0.4, -0.2) is 24.9 Å². The normalized spacial score (nSPS) is 20.3. The fourth-order valence-electron chi connectivity index (χ4n) is 2.17. The van der Waals surface area contributed by atoms with Gasteiger partial charge in [0.1, 0.15) is 5.75 Å². The maximum absolute atomic E-state index is 13.0. The average Bonchev–Trinajstić information content (AvgIpc) is 2.57. The van der Waals surface area contributed by atoms with Crippen LogP contribution in [0.3, 0.4) is 0 Å². The molecule has 0 spiro atoms. The van der Waals surface area contributed by atoms with Crippen LogP contribution in [0.2, 0.25) is 0 Å². The van der Waals surface area contributed by atoms with E-state index in [9.17, 15) is 13.2 Å². The van der Waals surface area contributed by atoms with Crippen molar-refractivity contribution in [3.8, 4) is 5.75 Å². The van der Waals surface area contributed by atoms with Gasteiger partial charge in [-0.25, -0.2) is 0 Å². The zero-order valence-electron chi connectivity index (χ0n) is 13.4. The van der Waals surface area contributed by atoms with Crippen molar-refractivity contribution in [2.24, 2.45) is 0 Å². The van der Waals surface area contributed by atoms with E-state index in [0.29, 0.717) is 5.46 Å². The van der Waals surface area contributed by atoms with Crippen molar-refractivity contribution >= 4 is 12.6 Å². The molecular formula is C15H20BF3O3.